The molecule has 1 fully saturated rings. The first-order valence-corrected chi connectivity index (χ1v) is 9.65. The minimum Gasteiger partial charge on any atom is -0.497 e. The third kappa shape index (κ3) is 4.57. The van der Waals surface area contributed by atoms with Gasteiger partial charge in [0.1, 0.15) is 5.75 Å². The maximum atomic E-state index is 12.5. The van der Waals surface area contributed by atoms with E-state index in [1.807, 2.05) is 50.2 Å². The van der Waals surface area contributed by atoms with Crippen molar-refractivity contribution in [2.45, 2.75) is 32.6 Å². The number of carbonyl (C=O) groups excluding carboxylic acids is 1. The number of aryl methyl sites for hydroxylation is 2. The number of hydrogen-bond acceptors (Lipinski definition) is 5. The third-order valence-corrected chi connectivity index (χ3v) is 5.46. The molecule has 0 N–H and O–H groups in total. The van der Waals surface area contributed by atoms with E-state index < -0.39 is 0 Å². The number of nitrogens with zero attached hydrogens (tertiary/aromatic N) is 3. The summed E-state index contributed by atoms with van der Waals surface area (Å²) in [7, 11) is 1.63. The van der Waals surface area contributed by atoms with Crippen molar-refractivity contribution in [3.63, 3.8) is 0 Å². The second-order valence-electron chi connectivity index (χ2n) is 6.52. The van der Waals surface area contributed by atoms with Crippen LogP contribution in [0.25, 0.3) is 0 Å². The van der Waals surface area contributed by atoms with Crippen LogP contribution in [0.15, 0.2) is 52.7 Å². The topological polar surface area (TPSA) is 54.3 Å². The van der Waals surface area contributed by atoms with Gasteiger partial charge in [-0.3, -0.25) is 9.69 Å². The Balaban J connectivity index is 1.78. The quantitative estimate of drug-likeness (QED) is 0.577. The van der Waals surface area contributed by atoms with Crippen molar-refractivity contribution >= 4 is 29.1 Å². The van der Waals surface area contributed by atoms with E-state index in [2.05, 4.69) is 23.2 Å². The van der Waals surface area contributed by atoms with Gasteiger partial charge in [-0.25, -0.2) is 0 Å². The second kappa shape index (κ2) is 8.39. The average Bonchev–Trinajstić information content (AvgIpc) is 2.92. The van der Waals surface area contributed by atoms with E-state index in [0.717, 1.165) is 22.4 Å². The monoisotopic (exact) mass is 381 g/mol. The molecule has 0 saturated carbocycles. The Hall–Kier alpha value is -2.60. The van der Waals surface area contributed by atoms with E-state index >= 15 is 0 Å². The average molecular weight is 382 g/mol. The van der Waals surface area contributed by atoms with Gasteiger partial charge in [0.25, 0.3) is 0 Å². The summed E-state index contributed by atoms with van der Waals surface area (Å²) in [6.07, 6.45) is 1.74. The highest BCUT2D eigenvalue weighted by Crippen LogP contribution is 2.28. The maximum absolute atomic E-state index is 12.5. The lowest BCUT2D eigenvalue weighted by molar-refractivity contribution is -0.126. The molecule has 5 nitrogen and oxygen atoms in total. The van der Waals surface area contributed by atoms with Crippen molar-refractivity contribution in [3.8, 4) is 5.75 Å². The summed E-state index contributed by atoms with van der Waals surface area (Å²) in [5.74, 6) is 0.845. The Kier molecular flexibility index (Phi) is 5.96. The van der Waals surface area contributed by atoms with Gasteiger partial charge in [-0.15, -0.1) is 5.10 Å². The van der Waals surface area contributed by atoms with Gasteiger partial charge in [-0.1, -0.05) is 47.7 Å². The van der Waals surface area contributed by atoms with E-state index in [4.69, 9.17) is 4.74 Å². The van der Waals surface area contributed by atoms with E-state index in [9.17, 15) is 4.79 Å². The van der Waals surface area contributed by atoms with Gasteiger partial charge in [-0.05, 0) is 49.6 Å². The molecule has 1 aliphatic rings. The highest BCUT2D eigenvalue weighted by atomic mass is 32.2. The van der Waals surface area contributed by atoms with Crippen LogP contribution in [0.1, 0.15) is 29.2 Å². The fourth-order valence-corrected chi connectivity index (χ4v) is 3.75. The Morgan fingerprint density at radius 3 is 2.59 bits per heavy atom. The zero-order chi connectivity index (χ0) is 19.4. The van der Waals surface area contributed by atoms with Crippen molar-refractivity contribution in [3.05, 3.63) is 64.7 Å². The van der Waals surface area contributed by atoms with Gasteiger partial charge in [0, 0.05) is 0 Å². The fraction of sp³-hybridized carbons (Fsp3) is 0.286. The predicted molar refractivity (Wildman–Crippen MR) is 112 cm³/mol. The normalized spacial score (nSPS) is 18.7. The largest absolute Gasteiger partial charge is 0.497 e. The summed E-state index contributed by atoms with van der Waals surface area (Å²) in [4.78, 5) is 14.2. The predicted octanol–water partition coefficient (Wildman–Crippen LogP) is 4.17. The van der Waals surface area contributed by atoms with Crippen molar-refractivity contribution in [1.82, 2.24) is 4.90 Å². The van der Waals surface area contributed by atoms with Crippen molar-refractivity contribution in [1.29, 1.82) is 0 Å². The third-order valence-electron chi connectivity index (χ3n) is 4.39. The van der Waals surface area contributed by atoms with E-state index in [1.165, 1.54) is 17.3 Å². The molecular weight excluding hydrogens is 358 g/mol. The van der Waals surface area contributed by atoms with Crippen LogP contribution >= 0.6 is 11.8 Å². The fourth-order valence-electron chi connectivity index (χ4n) is 2.83. The Bertz CT molecular complexity index is 891. The summed E-state index contributed by atoms with van der Waals surface area (Å²) in [5, 5.41) is 9.03. The molecule has 0 aromatic heterocycles. The molecule has 6 heteroatoms. The number of hydrogen-bond donors (Lipinski definition) is 0. The van der Waals surface area contributed by atoms with Crippen LogP contribution in [0.2, 0.25) is 0 Å². The number of methoxy groups -OCH3 is 1. The number of rotatable bonds is 5. The molecule has 140 valence electrons. The standard InChI is InChI=1S/C21H23N3O2S/c1-14-5-8-18(15(2)11-14)12-22-23-21-24(20(25)16(3)27-21)13-17-6-9-19(26-4)10-7-17/h5-12,16H,13H2,1-4H3/b22-12-,23-21+/t16-/m0/s1. The number of amidine groups is 1. The van der Waals surface area contributed by atoms with Crippen LogP contribution < -0.4 is 4.74 Å². The van der Waals surface area contributed by atoms with Crippen LogP contribution in [-0.4, -0.2) is 34.5 Å². The Morgan fingerprint density at radius 1 is 1.19 bits per heavy atom. The molecule has 1 amide bonds. The van der Waals surface area contributed by atoms with Crippen molar-refractivity contribution in [2.24, 2.45) is 10.2 Å². The first-order chi connectivity index (χ1) is 13.0. The Labute approximate surface area is 164 Å². The van der Waals surface area contributed by atoms with Crippen LogP contribution in [-0.2, 0) is 11.3 Å². The molecule has 3 rings (SSSR count). The molecule has 0 spiro atoms. The summed E-state index contributed by atoms with van der Waals surface area (Å²) in [6.45, 7) is 6.48. The van der Waals surface area contributed by atoms with Gasteiger partial charge in [0.2, 0.25) is 5.91 Å². The highest BCUT2D eigenvalue weighted by molar-refractivity contribution is 8.15. The van der Waals surface area contributed by atoms with Crippen LogP contribution in [0.3, 0.4) is 0 Å². The lowest BCUT2D eigenvalue weighted by atomic mass is 10.1. The SMILES string of the molecule is COc1ccc(CN2C(=O)[C@H](C)S/C2=N/N=C\c2ccc(C)cc2C)cc1. The van der Waals surface area contributed by atoms with Crippen molar-refractivity contribution < 1.29 is 9.53 Å². The number of ether oxygens (including phenoxy) is 1. The molecule has 0 unspecified atom stereocenters. The lowest BCUT2D eigenvalue weighted by Gasteiger charge is -2.15. The molecule has 2 aromatic rings. The minimum atomic E-state index is -0.154. The number of amides is 1. The summed E-state index contributed by atoms with van der Waals surface area (Å²) in [5.41, 5.74) is 4.41. The zero-order valence-corrected chi connectivity index (χ0v) is 16.8. The van der Waals surface area contributed by atoms with Crippen molar-refractivity contribution in [2.75, 3.05) is 7.11 Å². The van der Waals surface area contributed by atoms with Crippen LogP contribution in [0.4, 0.5) is 0 Å². The molecule has 1 atom stereocenters. The van der Waals surface area contributed by atoms with Crippen LogP contribution in [0, 0.1) is 13.8 Å². The highest BCUT2D eigenvalue weighted by Gasteiger charge is 2.35. The summed E-state index contributed by atoms with van der Waals surface area (Å²) < 4.78 is 5.18. The first-order valence-electron chi connectivity index (χ1n) is 8.77. The number of thioether (sulfide) groups is 1. The van der Waals surface area contributed by atoms with Gasteiger partial charge in [-0.2, -0.15) is 5.10 Å². The molecule has 1 saturated heterocycles. The lowest BCUT2D eigenvalue weighted by Crippen LogP contribution is -2.30. The molecular formula is C21H23N3O2S. The summed E-state index contributed by atoms with van der Waals surface area (Å²) in [6, 6.07) is 13.9. The molecule has 0 radical (unpaired) electrons. The maximum Gasteiger partial charge on any atom is 0.242 e. The number of carbonyl (C=O) groups is 1. The van der Waals surface area contributed by atoms with Gasteiger partial charge in [0.05, 0.1) is 25.1 Å². The van der Waals surface area contributed by atoms with Gasteiger partial charge < -0.3 is 4.74 Å². The smallest absolute Gasteiger partial charge is 0.242 e. The molecule has 1 heterocycles. The molecule has 0 aliphatic carbocycles. The zero-order valence-electron chi connectivity index (χ0n) is 16.0. The van der Waals surface area contributed by atoms with Gasteiger partial charge in [0.15, 0.2) is 5.17 Å². The molecule has 1 aliphatic heterocycles. The minimum absolute atomic E-state index is 0.0521. The van der Waals surface area contributed by atoms with E-state index in [0.29, 0.717) is 11.7 Å². The van der Waals surface area contributed by atoms with Gasteiger partial charge >= 0.3 is 0 Å². The summed E-state index contributed by atoms with van der Waals surface area (Å²) >= 11 is 1.44. The Morgan fingerprint density at radius 2 is 1.93 bits per heavy atom. The molecule has 0 bridgehead atoms. The second-order valence-corrected chi connectivity index (χ2v) is 7.83. The van der Waals surface area contributed by atoms with Crippen LogP contribution in [0.5, 0.6) is 5.75 Å². The first kappa shape index (κ1) is 19.2. The van der Waals surface area contributed by atoms with E-state index in [-0.39, 0.29) is 11.2 Å². The molecule has 27 heavy (non-hydrogen) atoms. The number of benzene rings is 2. The van der Waals surface area contributed by atoms with E-state index in [1.54, 1.807) is 18.2 Å². The molecule has 2 aromatic carbocycles.